The van der Waals surface area contributed by atoms with Crippen molar-refractivity contribution in [3.8, 4) is 0 Å². The van der Waals surface area contributed by atoms with Gasteiger partial charge in [0.25, 0.3) is 0 Å². The van der Waals surface area contributed by atoms with Gasteiger partial charge in [-0.1, -0.05) is 165 Å². The Morgan fingerprint density at radius 1 is 0.545 bits per heavy atom. The Hall–Kier alpha value is -2.60. The lowest BCUT2D eigenvalue weighted by Crippen LogP contribution is -2.44. The molecule has 6 rings (SSSR count). The number of rotatable bonds is 8. The van der Waals surface area contributed by atoms with E-state index in [2.05, 4.69) is 165 Å². The largest absolute Gasteiger partial charge is 0.0752 e. The molecule has 0 bridgehead atoms. The van der Waals surface area contributed by atoms with Gasteiger partial charge in [0, 0.05) is 35.0 Å². The van der Waals surface area contributed by atoms with Crippen molar-refractivity contribution in [2.24, 2.45) is 10.8 Å². The van der Waals surface area contributed by atoms with Gasteiger partial charge in [0.05, 0.1) is 0 Å². The van der Waals surface area contributed by atoms with Crippen LogP contribution in [0.1, 0.15) is 85.3 Å². The summed E-state index contributed by atoms with van der Waals surface area (Å²) in [6, 6.07) is 22.6. The van der Waals surface area contributed by atoms with E-state index in [1.54, 1.807) is 0 Å². The number of hydrogen-bond donors (Lipinski definition) is 0. The first-order chi connectivity index (χ1) is 21.0. The first kappa shape index (κ1) is 31.4. The second-order valence-corrected chi connectivity index (χ2v) is 14.8. The van der Waals surface area contributed by atoms with E-state index in [4.69, 9.17) is 0 Å². The van der Waals surface area contributed by atoms with Crippen molar-refractivity contribution in [1.29, 1.82) is 0 Å². The Morgan fingerprint density at radius 3 is 1.50 bits per heavy atom. The molecule has 0 aromatic heterocycles. The van der Waals surface area contributed by atoms with Gasteiger partial charge in [0.2, 0.25) is 0 Å². The fraction of sp³-hybridized carbons (Fsp3) is 0.318. The van der Waals surface area contributed by atoms with E-state index in [9.17, 15) is 0 Å². The molecule has 0 atom stereocenters. The summed E-state index contributed by atoms with van der Waals surface area (Å²) in [7, 11) is 0. The predicted octanol–water partition coefficient (Wildman–Crippen LogP) is 11.3. The molecule has 0 unspecified atom stereocenters. The van der Waals surface area contributed by atoms with Crippen LogP contribution in [-0.2, 0) is 5.41 Å². The third-order valence-electron chi connectivity index (χ3n) is 9.71. The lowest BCUT2D eigenvalue weighted by atomic mass is 9.52. The van der Waals surface area contributed by atoms with Crippen LogP contribution in [0, 0.1) is 71.5 Å². The molecular weight excluding hydrogens is 528 g/mol. The minimum absolute atomic E-state index is 0.0421. The average molecular weight is 577 g/mol. The van der Waals surface area contributed by atoms with Gasteiger partial charge in [-0.15, -0.1) is 0 Å². The van der Waals surface area contributed by atoms with Crippen molar-refractivity contribution in [2.75, 3.05) is 0 Å². The van der Waals surface area contributed by atoms with Gasteiger partial charge in [0.1, 0.15) is 0 Å². The summed E-state index contributed by atoms with van der Waals surface area (Å²) >= 11 is 0. The SMILES string of the molecule is CCCCC[C]1[CH][CH][C](C([C]2[C]3C=C(C(C)(C)C)C=C[C]3[C]3C=CC(C(C)(C)C)=C[C]32)(c2ccccc2)c2ccccc2)[CH]1. The molecule has 0 N–H and O–H groups in total. The minimum Gasteiger partial charge on any atom is -0.0752 e. The Labute approximate surface area is 269 Å². The van der Waals surface area contributed by atoms with Crippen LogP contribution in [0.3, 0.4) is 0 Å². The van der Waals surface area contributed by atoms with Crippen molar-refractivity contribution < 1.29 is 0 Å². The van der Waals surface area contributed by atoms with Gasteiger partial charge in [0.15, 0.2) is 0 Å². The van der Waals surface area contributed by atoms with Crippen molar-refractivity contribution in [3.63, 3.8) is 0 Å². The smallest absolute Gasteiger partial charge is 0.0351 e. The van der Waals surface area contributed by atoms with E-state index in [0.717, 1.165) is 6.42 Å². The fourth-order valence-electron chi connectivity index (χ4n) is 7.22. The molecule has 0 nitrogen and oxygen atoms in total. The molecule has 44 heavy (non-hydrogen) atoms. The van der Waals surface area contributed by atoms with Gasteiger partial charge < -0.3 is 0 Å². The van der Waals surface area contributed by atoms with Crippen molar-refractivity contribution >= 4 is 0 Å². The van der Waals surface area contributed by atoms with Crippen LogP contribution >= 0.6 is 0 Å². The zero-order chi connectivity index (χ0) is 31.1. The first-order valence-corrected chi connectivity index (χ1v) is 16.6. The highest BCUT2D eigenvalue weighted by molar-refractivity contribution is 5.84. The van der Waals surface area contributed by atoms with Crippen molar-refractivity contribution in [2.45, 2.75) is 79.6 Å². The molecule has 10 radical (unpaired) electrons. The van der Waals surface area contributed by atoms with Crippen molar-refractivity contribution in [1.82, 2.24) is 0 Å². The van der Waals surface area contributed by atoms with E-state index in [0.29, 0.717) is 0 Å². The zero-order valence-electron chi connectivity index (χ0n) is 27.8. The maximum absolute atomic E-state index is 2.52. The zero-order valence-corrected chi connectivity index (χ0v) is 27.8. The molecular formula is C44H48. The number of benzene rings is 2. The maximum atomic E-state index is 2.52. The Balaban J connectivity index is 1.59. The van der Waals surface area contributed by atoms with Crippen LogP contribution in [0.15, 0.2) is 108 Å². The lowest BCUT2D eigenvalue weighted by molar-refractivity contribution is 0.510. The summed E-state index contributed by atoms with van der Waals surface area (Å²) in [5, 5.41) is 0. The number of hydrogen-bond acceptors (Lipinski definition) is 0. The molecule has 4 aliphatic rings. The average Bonchev–Trinajstić information content (AvgIpc) is 3.61. The monoisotopic (exact) mass is 576 g/mol. The van der Waals surface area contributed by atoms with Gasteiger partial charge in [-0.05, 0) is 70.6 Å². The summed E-state index contributed by atoms with van der Waals surface area (Å²) in [4.78, 5) is 0. The number of unbranched alkanes of at least 4 members (excludes halogenated alkanes) is 2. The Kier molecular flexibility index (Phi) is 8.78. The molecule has 2 saturated carbocycles. The topological polar surface area (TPSA) is 0 Å². The van der Waals surface area contributed by atoms with E-state index in [1.165, 1.54) is 83.0 Å². The highest BCUT2D eigenvalue weighted by Crippen LogP contribution is 2.69. The number of fused-ring (bicyclic) bond motifs is 3. The van der Waals surface area contributed by atoms with Crippen LogP contribution in [0.2, 0.25) is 0 Å². The van der Waals surface area contributed by atoms with E-state index in [1.807, 2.05) is 0 Å². The van der Waals surface area contributed by atoms with Crippen LogP contribution in [0.4, 0.5) is 0 Å². The van der Waals surface area contributed by atoms with Crippen LogP contribution in [-0.4, -0.2) is 0 Å². The summed E-state index contributed by atoms with van der Waals surface area (Å²) in [6.07, 6.45) is 26.7. The molecule has 224 valence electrons. The third kappa shape index (κ3) is 5.65. The Morgan fingerprint density at radius 2 is 1.05 bits per heavy atom. The maximum Gasteiger partial charge on any atom is 0.0351 e. The second-order valence-electron chi connectivity index (χ2n) is 14.8. The quantitative estimate of drug-likeness (QED) is 0.274. The molecule has 2 fully saturated rings. The third-order valence-corrected chi connectivity index (χ3v) is 9.71. The highest BCUT2D eigenvalue weighted by atomic mass is 14.6. The van der Waals surface area contributed by atoms with Crippen LogP contribution < -0.4 is 0 Å². The van der Waals surface area contributed by atoms with Gasteiger partial charge in [-0.3, -0.25) is 0 Å². The molecule has 2 aromatic rings. The molecule has 2 aromatic carbocycles. The van der Waals surface area contributed by atoms with Gasteiger partial charge in [-0.25, -0.2) is 0 Å². The molecule has 0 heteroatoms. The standard InChI is InChI=1S/C44H48/c1-8-9-12-17-31-22-23-36(28-31)44(32-18-13-10-14-19-32,33-20-15-11-16-21-33)41-39-29-34(42(2,3)4)24-26-37(39)38-27-25-35(30-40(38)41)43(5,6)7/h10-11,13-16,18-30H,8-9,12,17H2,1-7H3. The summed E-state index contributed by atoms with van der Waals surface area (Å²) in [5.74, 6) is 9.61. The van der Waals surface area contributed by atoms with Crippen molar-refractivity contribution in [3.05, 3.63) is 180 Å². The molecule has 0 spiro atoms. The summed E-state index contributed by atoms with van der Waals surface area (Å²) < 4.78 is 0. The van der Waals surface area contributed by atoms with E-state index >= 15 is 0 Å². The highest BCUT2D eigenvalue weighted by Gasteiger charge is 2.63. The molecule has 0 amide bonds. The van der Waals surface area contributed by atoms with E-state index in [-0.39, 0.29) is 10.8 Å². The van der Waals surface area contributed by atoms with Crippen LogP contribution in [0.25, 0.3) is 0 Å². The summed E-state index contributed by atoms with van der Waals surface area (Å²) in [5.41, 5.74) is 4.96. The lowest BCUT2D eigenvalue weighted by Gasteiger charge is -2.49. The Bertz CT molecular complexity index is 1290. The predicted molar refractivity (Wildman–Crippen MR) is 187 cm³/mol. The molecule has 0 saturated heterocycles. The van der Waals surface area contributed by atoms with E-state index < -0.39 is 5.41 Å². The normalized spacial score (nSPS) is 21.5. The summed E-state index contributed by atoms with van der Waals surface area (Å²) in [6.45, 7) is 16.3. The first-order valence-electron chi connectivity index (χ1n) is 16.6. The van der Waals surface area contributed by atoms with Crippen LogP contribution in [0.5, 0.6) is 0 Å². The molecule has 0 heterocycles. The minimum atomic E-state index is -0.488. The van der Waals surface area contributed by atoms with Gasteiger partial charge >= 0.3 is 0 Å². The molecule has 4 aliphatic carbocycles. The molecule has 0 aliphatic heterocycles. The second kappa shape index (κ2) is 12.3. The van der Waals surface area contributed by atoms with Gasteiger partial charge in [-0.2, -0.15) is 0 Å². The number of allylic oxidation sites excluding steroid dienone is 8. The fourth-order valence-corrected chi connectivity index (χ4v) is 7.22.